The zero-order valence-corrected chi connectivity index (χ0v) is 7.11. The molecule has 0 fully saturated rings. The van der Waals surface area contributed by atoms with Gasteiger partial charge in [0.25, 0.3) is 0 Å². The molecule has 0 aromatic heterocycles. The van der Waals surface area contributed by atoms with E-state index in [1.54, 1.807) is 6.92 Å². The molecule has 0 aliphatic heterocycles. The molecule has 0 unspecified atom stereocenters. The highest BCUT2D eigenvalue weighted by atomic mass is 31.2. The van der Waals surface area contributed by atoms with E-state index < -0.39 is 7.60 Å². The monoisotopic (exact) mass is 184 g/mol. The lowest BCUT2D eigenvalue weighted by Crippen LogP contribution is -1.85. The van der Waals surface area contributed by atoms with Gasteiger partial charge >= 0.3 is 7.60 Å². The largest absolute Gasteiger partial charge is 0.394 e. The van der Waals surface area contributed by atoms with Crippen molar-refractivity contribution in [2.24, 2.45) is 0 Å². The van der Waals surface area contributed by atoms with Crippen LogP contribution in [-0.4, -0.2) is 33.2 Å². The fourth-order valence-electron chi connectivity index (χ4n) is 0.194. The topological polar surface area (TPSA) is 98.0 Å². The molecule has 0 saturated carbocycles. The molecule has 0 spiro atoms. The van der Waals surface area contributed by atoms with Crippen LogP contribution in [0.25, 0.3) is 0 Å². The average Bonchev–Trinajstić information content (AvgIpc) is 1.86. The predicted molar refractivity (Wildman–Crippen MR) is 41.0 cm³/mol. The number of aliphatic hydroxyl groups is 2. The first-order valence-corrected chi connectivity index (χ1v) is 4.57. The Balaban J connectivity index is 0. The summed E-state index contributed by atoms with van der Waals surface area (Å²) in [4.78, 5) is 16.1. The van der Waals surface area contributed by atoms with Crippen molar-refractivity contribution in [3.8, 4) is 0 Å². The third kappa shape index (κ3) is 25.9. The van der Waals surface area contributed by atoms with Gasteiger partial charge < -0.3 is 20.0 Å². The molecule has 4 N–H and O–H groups in total. The minimum absolute atomic E-state index is 0.125. The number of rotatable bonds is 2. The molecule has 0 rings (SSSR count). The Morgan fingerprint density at radius 1 is 1.27 bits per heavy atom. The Labute approximate surface area is 65.2 Å². The summed E-state index contributed by atoms with van der Waals surface area (Å²) in [6, 6.07) is 0. The van der Waals surface area contributed by atoms with Crippen LogP contribution in [0.15, 0.2) is 11.9 Å². The summed E-state index contributed by atoms with van der Waals surface area (Å²) in [6.07, 6.45) is 1.32. The smallest absolute Gasteiger partial charge is 0.348 e. The summed E-state index contributed by atoms with van der Waals surface area (Å²) in [5.41, 5.74) is 0. The van der Waals surface area contributed by atoms with Crippen LogP contribution in [0.5, 0.6) is 0 Å². The molecule has 68 valence electrons. The van der Waals surface area contributed by atoms with Crippen LogP contribution in [-0.2, 0) is 4.57 Å². The minimum Gasteiger partial charge on any atom is -0.394 e. The molecule has 0 heterocycles. The molecular weight excluding hydrogens is 171 g/mol. The van der Waals surface area contributed by atoms with Crippen molar-refractivity contribution in [3.63, 3.8) is 0 Å². The van der Waals surface area contributed by atoms with Gasteiger partial charge in [-0.3, -0.25) is 4.57 Å². The molecule has 0 saturated heterocycles. The molecule has 6 heteroatoms. The van der Waals surface area contributed by atoms with Crippen LogP contribution in [0.3, 0.4) is 0 Å². The second-order valence-corrected chi connectivity index (χ2v) is 3.00. The van der Waals surface area contributed by atoms with Gasteiger partial charge in [-0.05, 0) is 6.92 Å². The quantitative estimate of drug-likeness (QED) is 0.440. The maximum Gasteiger partial charge on any atom is 0.348 e. The van der Waals surface area contributed by atoms with Crippen molar-refractivity contribution in [1.82, 2.24) is 0 Å². The first kappa shape index (κ1) is 13.4. The molecule has 0 aliphatic rings. The zero-order valence-electron chi connectivity index (χ0n) is 6.21. The standard InChI is InChI=1S/C3H7O3P.C2H6O2/c1-2-3-7(4,5)6;3-1-2-4/h2-3H,1H3,(H2,4,5,6);3-4H,1-2H2/b3-2+;. The zero-order chi connectivity index (χ0) is 9.33. The van der Waals surface area contributed by atoms with Crippen LogP contribution >= 0.6 is 7.60 Å². The lowest BCUT2D eigenvalue weighted by Gasteiger charge is -1.89. The van der Waals surface area contributed by atoms with Gasteiger partial charge in [-0.2, -0.15) is 0 Å². The van der Waals surface area contributed by atoms with Gasteiger partial charge in [-0.25, -0.2) is 0 Å². The lowest BCUT2D eigenvalue weighted by molar-refractivity contribution is 0.186. The molecule has 0 bridgehead atoms. The van der Waals surface area contributed by atoms with E-state index in [-0.39, 0.29) is 13.2 Å². The summed E-state index contributed by atoms with van der Waals surface area (Å²) in [6.45, 7) is 1.30. The van der Waals surface area contributed by atoms with Crippen LogP contribution in [0.1, 0.15) is 6.92 Å². The highest BCUT2D eigenvalue weighted by Gasteiger charge is 2.02. The van der Waals surface area contributed by atoms with E-state index in [1.807, 2.05) is 0 Å². The van der Waals surface area contributed by atoms with Gasteiger partial charge in [0.2, 0.25) is 0 Å². The molecule has 0 aromatic carbocycles. The maximum atomic E-state index is 9.84. The highest BCUT2D eigenvalue weighted by Crippen LogP contribution is 2.35. The second-order valence-electron chi connectivity index (χ2n) is 1.52. The number of hydrogen-bond acceptors (Lipinski definition) is 3. The summed E-state index contributed by atoms with van der Waals surface area (Å²) >= 11 is 0. The predicted octanol–water partition coefficient (Wildman–Crippen LogP) is -0.331. The Kier molecular flexibility index (Phi) is 9.64. The normalized spacial score (nSPS) is 11.0. The van der Waals surface area contributed by atoms with Crippen molar-refractivity contribution in [2.45, 2.75) is 6.92 Å². The molecule has 0 radical (unpaired) electrons. The van der Waals surface area contributed by atoms with E-state index in [0.717, 1.165) is 5.82 Å². The number of allylic oxidation sites excluding steroid dienone is 1. The first-order chi connectivity index (χ1) is 4.97. The molecule has 0 aromatic rings. The Bertz CT molecular complexity index is 136. The van der Waals surface area contributed by atoms with E-state index in [9.17, 15) is 4.57 Å². The van der Waals surface area contributed by atoms with E-state index in [2.05, 4.69) is 0 Å². The highest BCUT2D eigenvalue weighted by molar-refractivity contribution is 7.55. The summed E-state index contributed by atoms with van der Waals surface area (Å²) in [7, 11) is -3.85. The van der Waals surface area contributed by atoms with Crippen LogP contribution < -0.4 is 0 Å². The van der Waals surface area contributed by atoms with Crippen LogP contribution in [0, 0.1) is 0 Å². The molecular formula is C5H13O5P. The summed E-state index contributed by atoms with van der Waals surface area (Å²) < 4.78 is 9.84. The van der Waals surface area contributed by atoms with E-state index >= 15 is 0 Å². The van der Waals surface area contributed by atoms with Crippen molar-refractivity contribution in [3.05, 3.63) is 11.9 Å². The third-order valence-electron chi connectivity index (χ3n) is 0.443. The minimum atomic E-state index is -3.85. The second kappa shape index (κ2) is 7.91. The number of aliphatic hydroxyl groups excluding tert-OH is 2. The molecule has 0 aliphatic carbocycles. The average molecular weight is 184 g/mol. The van der Waals surface area contributed by atoms with Gasteiger partial charge in [0.05, 0.1) is 13.2 Å². The summed E-state index contributed by atoms with van der Waals surface area (Å²) in [5, 5.41) is 15.2. The summed E-state index contributed by atoms with van der Waals surface area (Å²) in [5.74, 6) is 0.854. The van der Waals surface area contributed by atoms with Gasteiger partial charge in [-0.1, -0.05) is 6.08 Å². The molecule has 5 nitrogen and oxygen atoms in total. The first-order valence-electron chi connectivity index (χ1n) is 2.88. The van der Waals surface area contributed by atoms with Gasteiger partial charge in [0.15, 0.2) is 0 Å². The Morgan fingerprint density at radius 3 is 1.64 bits per heavy atom. The van der Waals surface area contributed by atoms with Gasteiger partial charge in [0.1, 0.15) is 0 Å². The van der Waals surface area contributed by atoms with E-state index in [4.69, 9.17) is 20.0 Å². The Morgan fingerprint density at radius 2 is 1.64 bits per heavy atom. The SMILES string of the molecule is C/C=C/P(=O)(O)O.OCCO. The molecule has 0 atom stereocenters. The van der Waals surface area contributed by atoms with Crippen LogP contribution in [0.4, 0.5) is 0 Å². The fourth-order valence-corrected chi connectivity index (χ4v) is 0.583. The third-order valence-corrected chi connectivity index (χ3v) is 1.13. The van der Waals surface area contributed by atoms with E-state index in [0.29, 0.717) is 0 Å². The van der Waals surface area contributed by atoms with Gasteiger partial charge in [0, 0.05) is 5.82 Å². The molecule has 0 amide bonds. The van der Waals surface area contributed by atoms with Crippen molar-refractivity contribution < 1.29 is 24.6 Å². The van der Waals surface area contributed by atoms with Crippen molar-refractivity contribution >= 4 is 7.60 Å². The number of hydrogen-bond donors (Lipinski definition) is 4. The van der Waals surface area contributed by atoms with Gasteiger partial charge in [-0.15, -0.1) is 0 Å². The fraction of sp³-hybridized carbons (Fsp3) is 0.600. The van der Waals surface area contributed by atoms with Crippen molar-refractivity contribution in [1.29, 1.82) is 0 Å². The molecule has 11 heavy (non-hydrogen) atoms. The van der Waals surface area contributed by atoms with Crippen LogP contribution in [0.2, 0.25) is 0 Å². The maximum absolute atomic E-state index is 9.84. The lowest BCUT2D eigenvalue weighted by atomic mass is 10.8. The van der Waals surface area contributed by atoms with Crippen molar-refractivity contribution in [2.75, 3.05) is 13.2 Å². The Hall–Kier alpha value is -0.190. The van der Waals surface area contributed by atoms with E-state index in [1.165, 1.54) is 6.08 Å².